The molecule has 0 amide bonds. The first-order valence-corrected chi connectivity index (χ1v) is 4.92. The van der Waals surface area contributed by atoms with Gasteiger partial charge < -0.3 is 5.32 Å². The SMILES string of the molecule is CNC1=CC2N=C(C)SC2=CC1. The Labute approximate surface area is 76.8 Å². The van der Waals surface area contributed by atoms with E-state index in [2.05, 4.69) is 29.4 Å². The van der Waals surface area contributed by atoms with E-state index in [1.165, 1.54) is 15.6 Å². The Morgan fingerprint density at radius 2 is 2.50 bits per heavy atom. The number of rotatable bonds is 1. The van der Waals surface area contributed by atoms with Crippen LogP contribution in [0.3, 0.4) is 0 Å². The zero-order chi connectivity index (χ0) is 8.55. The van der Waals surface area contributed by atoms with Gasteiger partial charge in [0, 0.05) is 24.1 Å². The first-order chi connectivity index (χ1) is 5.79. The topological polar surface area (TPSA) is 24.4 Å². The Balaban J connectivity index is 2.22. The maximum Gasteiger partial charge on any atom is 0.102 e. The van der Waals surface area contributed by atoms with Crippen LogP contribution in [0.2, 0.25) is 0 Å². The maximum atomic E-state index is 4.50. The van der Waals surface area contributed by atoms with Crippen LogP contribution in [0.4, 0.5) is 0 Å². The lowest BCUT2D eigenvalue weighted by Crippen LogP contribution is -2.13. The molecule has 0 aromatic heterocycles. The lowest BCUT2D eigenvalue weighted by molar-refractivity contribution is 0.866. The van der Waals surface area contributed by atoms with Crippen molar-refractivity contribution in [2.24, 2.45) is 4.99 Å². The van der Waals surface area contributed by atoms with Crippen LogP contribution >= 0.6 is 11.8 Å². The fourth-order valence-corrected chi connectivity index (χ4v) is 2.37. The van der Waals surface area contributed by atoms with Crippen LogP contribution in [0.15, 0.2) is 27.7 Å². The zero-order valence-corrected chi connectivity index (χ0v) is 8.11. The summed E-state index contributed by atoms with van der Waals surface area (Å²) in [5, 5.41) is 4.35. The second-order valence-electron chi connectivity index (χ2n) is 2.95. The first kappa shape index (κ1) is 7.92. The van der Waals surface area contributed by atoms with Crippen molar-refractivity contribution < 1.29 is 0 Å². The van der Waals surface area contributed by atoms with Gasteiger partial charge in [0.05, 0.1) is 5.04 Å². The summed E-state index contributed by atoms with van der Waals surface area (Å²) in [5.41, 5.74) is 1.28. The number of hydrogen-bond donors (Lipinski definition) is 1. The lowest BCUT2D eigenvalue weighted by atomic mass is 10.1. The molecule has 1 atom stereocenters. The summed E-state index contributed by atoms with van der Waals surface area (Å²) in [6, 6.07) is 0.311. The fraction of sp³-hybridized carbons (Fsp3) is 0.444. The van der Waals surface area contributed by atoms with Crippen molar-refractivity contribution in [2.45, 2.75) is 19.4 Å². The minimum atomic E-state index is 0.311. The third-order valence-corrected chi connectivity index (χ3v) is 3.13. The van der Waals surface area contributed by atoms with Crippen molar-refractivity contribution in [2.75, 3.05) is 7.05 Å². The molecule has 1 N–H and O–H groups in total. The molecule has 0 aromatic rings. The predicted molar refractivity (Wildman–Crippen MR) is 54.3 cm³/mol. The molecule has 0 fully saturated rings. The molecule has 2 aliphatic rings. The highest BCUT2D eigenvalue weighted by Crippen LogP contribution is 2.35. The molecule has 0 radical (unpaired) electrons. The van der Waals surface area contributed by atoms with Crippen molar-refractivity contribution in [3.05, 3.63) is 22.8 Å². The van der Waals surface area contributed by atoms with E-state index in [4.69, 9.17) is 0 Å². The standard InChI is InChI=1S/C9H12N2S/c1-6-11-8-5-7(10-2)3-4-9(8)12-6/h4-5,8,10H,3H2,1-2H3. The molecule has 1 aliphatic heterocycles. The van der Waals surface area contributed by atoms with Crippen LogP contribution in [0.25, 0.3) is 0 Å². The lowest BCUT2D eigenvalue weighted by Gasteiger charge is -2.13. The van der Waals surface area contributed by atoms with Crippen LogP contribution in [-0.2, 0) is 0 Å². The molecule has 2 rings (SSSR count). The normalized spacial score (nSPS) is 27.2. The number of allylic oxidation sites excluding steroid dienone is 1. The maximum absolute atomic E-state index is 4.50. The van der Waals surface area contributed by atoms with Crippen molar-refractivity contribution >= 4 is 16.8 Å². The van der Waals surface area contributed by atoms with Gasteiger partial charge in [-0.05, 0) is 13.0 Å². The summed E-state index contributed by atoms with van der Waals surface area (Å²) in [6.07, 6.45) is 5.50. The van der Waals surface area contributed by atoms with Crippen LogP contribution in [-0.4, -0.2) is 18.1 Å². The molecule has 3 heteroatoms. The number of hydrogen-bond acceptors (Lipinski definition) is 3. The van der Waals surface area contributed by atoms with Gasteiger partial charge in [-0.3, -0.25) is 4.99 Å². The van der Waals surface area contributed by atoms with Crippen LogP contribution in [0.1, 0.15) is 13.3 Å². The fourth-order valence-electron chi connectivity index (χ4n) is 1.45. The predicted octanol–water partition coefficient (Wildman–Crippen LogP) is 1.91. The number of nitrogens with zero attached hydrogens (tertiary/aromatic N) is 1. The summed E-state index contributed by atoms with van der Waals surface area (Å²) in [6.45, 7) is 2.07. The van der Waals surface area contributed by atoms with Crippen molar-refractivity contribution in [3.63, 3.8) is 0 Å². The monoisotopic (exact) mass is 180 g/mol. The molecule has 2 nitrogen and oxygen atoms in total. The average Bonchev–Trinajstić information content (AvgIpc) is 2.43. The van der Waals surface area contributed by atoms with Gasteiger partial charge in [0.25, 0.3) is 0 Å². The van der Waals surface area contributed by atoms with Gasteiger partial charge in [-0.15, -0.1) is 0 Å². The van der Waals surface area contributed by atoms with E-state index in [0.717, 1.165) is 6.42 Å². The largest absolute Gasteiger partial charge is 0.391 e. The van der Waals surface area contributed by atoms with Crippen molar-refractivity contribution in [3.8, 4) is 0 Å². The highest BCUT2D eigenvalue weighted by atomic mass is 32.2. The van der Waals surface area contributed by atoms with Gasteiger partial charge in [-0.2, -0.15) is 0 Å². The van der Waals surface area contributed by atoms with E-state index >= 15 is 0 Å². The molecule has 0 saturated heterocycles. The van der Waals surface area contributed by atoms with Crippen molar-refractivity contribution in [1.29, 1.82) is 0 Å². The quantitative estimate of drug-likeness (QED) is 0.666. The van der Waals surface area contributed by atoms with Gasteiger partial charge in [0.1, 0.15) is 6.04 Å². The Morgan fingerprint density at radius 3 is 3.25 bits per heavy atom. The Bertz CT molecular complexity index is 289. The second-order valence-corrected chi connectivity index (χ2v) is 4.21. The molecule has 64 valence electrons. The molecular weight excluding hydrogens is 168 g/mol. The molecule has 12 heavy (non-hydrogen) atoms. The molecule has 0 spiro atoms. The summed E-state index contributed by atoms with van der Waals surface area (Å²) < 4.78 is 0. The van der Waals surface area contributed by atoms with Crippen LogP contribution < -0.4 is 5.32 Å². The van der Waals surface area contributed by atoms with Gasteiger partial charge in [0.2, 0.25) is 0 Å². The molecule has 1 aliphatic carbocycles. The molecule has 0 bridgehead atoms. The number of nitrogens with one attached hydrogen (secondary N) is 1. The smallest absolute Gasteiger partial charge is 0.102 e. The summed E-state index contributed by atoms with van der Waals surface area (Å²) in [7, 11) is 1.96. The van der Waals surface area contributed by atoms with Gasteiger partial charge in [-0.1, -0.05) is 17.8 Å². The molecular formula is C9H12N2S. The van der Waals surface area contributed by atoms with E-state index in [0.29, 0.717) is 6.04 Å². The summed E-state index contributed by atoms with van der Waals surface area (Å²) in [4.78, 5) is 5.90. The summed E-state index contributed by atoms with van der Waals surface area (Å²) >= 11 is 1.80. The number of fused-ring (bicyclic) bond motifs is 1. The van der Waals surface area contributed by atoms with Gasteiger partial charge in [0.15, 0.2) is 0 Å². The third-order valence-electron chi connectivity index (χ3n) is 2.08. The van der Waals surface area contributed by atoms with E-state index in [-0.39, 0.29) is 0 Å². The summed E-state index contributed by atoms with van der Waals surface area (Å²) in [5.74, 6) is 0. The zero-order valence-electron chi connectivity index (χ0n) is 7.29. The van der Waals surface area contributed by atoms with Crippen molar-refractivity contribution in [1.82, 2.24) is 5.32 Å². The van der Waals surface area contributed by atoms with Crippen LogP contribution in [0.5, 0.6) is 0 Å². The van der Waals surface area contributed by atoms with Crippen LogP contribution in [0, 0.1) is 0 Å². The van der Waals surface area contributed by atoms with E-state index in [1.807, 2.05) is 7.05 Å². The molecule has 0 saturated carbocycles. The highest BCUT2D eigenvalue weighted by Gasteiger charge is 2.22. The van der Waals surface area contributed by atoms with E-state index in [1.54, 1.807) is 11.8 Å². The number of thioether (sulfide) groups is 1. The minimum absolute atomic E-state index is 0.311. The highest BCUT2D eigenvalue weighted by molar-refractivity contribution is 8.17. The first-order valence-electron chi connectivity index (χ1n) is 4.10. The van der Waals surface area contributed by atoms with E-state index in [9.17, 15) is 0 Å². The number of aliphatic imine (C=N–C) groups is 1. The van der Waals surface area contributed by atoms with Gasteiger partial charge in [-0.25, -0.2) is 0 Å². The minimum Gasteiger partial charge on any atom is -0.391 e. The third kappa shape index (κ3) is 1.29. The Hall–Kier alpha value is -0.700. The molecule has 0 aromatic carbocycles. The van der Waals surface area contributed by atoms with E-state index < -0.39 is 0 Å². The second kappa shape index (κ2) is 2.98. The van der Waals surface area contributed by atoms with Gasteiger partial charge >= 0.3 is 0 Å². The Kier molecular flexibility index (Phi) is 1.97. The molecule has 1 heterocycles. The Morgan fingerprint density at radius 1 is 1.67 bits per heavy atom. The molecule has 1 unspecified atom stereocenters. The average molecular weight is 180 g/mol.